The molecule has 6 rings (SSSR count). The number of benzene rings is 2. The molecular weight excluding hydrogens is 558 g/mol. The van der Waals surface area contributed by atoms with E-state index in [0.717, 1.165) is 29.0 Å². The molecule has 0 bridgehead atoms. The minimum Gasteiger partial charge on any atom is -0.493 e. The third-order valence-electron chi connectivity index (χ3n) is 7.70. The van der Waals surface area contributed by atoms with E-state index in [4.69, 9.17) is 19.2 Å². The third kappa shape index (κ3) is 5.25. The number of aryl methyl sites for hydroxylation is 2. The highest BCUT2D eigenvalue weighted by Gasteiger charge is 2.30. The van der Waals surface area contributed by atoms with Gasteiger partial charge in [0, 0.05) is 45.5 Å². The van der Waals surface area contributed by atoms with E-state index >= 15 is 0 Å². The fourth-order valence-corrected chi connectivity index (χ4v) is 7.08. The van der Waals surface area contributed by atoms with Gasteiger partial charge in [0.1, 0.15) is 17.2 Å². The van der Waals surface area contributed by atoms with E-state index in [9.17, 15) is 13.2 Å². The van der Waals surface area contributed by atoms with Crippen molar-refractivity contribution < 1.29 is 22.6 Å². The minimum atomic E-state index is -3.80. The van der Waals surface area contributed by atoms with Crippen molar-refractivity contribution in [3.63, 3.8) is 0 Å². The van der Waals surface area contributed by atoms with Crippen molar-refractivity contribution in [1.82, 2.24) is 23.7 Å². The number of ether oxygens (including phenoxy) is 3. The van der Waals surface area contributed by atoms with Crippen molar-refractivity contribution in [3.8, 4) is 28.6 Å². The maximum atomic E-state index is 13.8. The largest absolute Gasteiger partial charge is 0.493 e. The Morgan fingerprint density at radius 3 is 2.57 bits per heavy atom. The fourth-order valence-electron chi connectivity index (χ4n) is 5.63. The van der Waals surface area contributed by atoms with Gasteiger partial charge in [0.05, 0.1) is 22.5 Å². The van der Waals surface area contributed by atoms with E-state index in [0.29, 0.717) is 68.2 Å². The van der Waals surface area contributed by atoms with Crippen molar-refractivity contribution >= 4 is 21.1 Å². The number of aromatic amines is 1. The van der Waals surface area contributed by atoms with Crippen LogP contribution in [-0.2, 0) is 23.1 Å². The van der Waals surface area contributed by atoms with Gasteiger partial charge in [-0.3, -0.25) is 9.69 Å². The van der Waals surface area contributed by atoms with E-state index in [-0.39, 0.29) is 23.1 Å². The topological polar surface area (TPSA) is 119 Å². The Morgan fingerprint density at radius 2 is 1.81 bits per heavy atom. The highest BCUT2D eigenvalue weighted by atomic mass is 32.2. The molecule has 11 nitrogen and oxygen atoms in total. The molecule has 1 N–H and O–H groups in total. The second kappa shape index (κ2) is 11.4. The number of rotatable bonds is 9. The van der Waals surface area contributed by atoms with Crippen molar-refractivity contribution in [1.29, 1.82) is 0 Å². The van der Waals surface area contributed by atoms with Crippen LogP contribution in [0.25, 0.3) is 22.4 Å². The molecule has 2 aromatic carbocycles. The second-order valence-electron chi connectivity index (χ2n) is 10.6. The van der Waals surface area contributed by atoms with Crippen molar-refractivity contribution in [2.24, 2.45) is 0 Å². The zero-order valence-corrected chi connectivity index (χ0v) is 24.9. The van der Waals surface area contributed by atoms with Gasteiger partial charge in [0.15, 0.2) is 11.5 Å². The van der Waals surface area contributed by atoms with Crippen molar-refractivity contribution in [3.05, 3.63) is 64.1 Å². The van der Waals surface area contributed by atoms with Crippen LogP contribution in [-0.4, -0.2) is 71.7 Å². The zero-order chi connectivity index (χ0) is 29.4. The van der Waals surface area contributed by atoms with E-state index in [1.54, 1.807) is 18.2 Å². The molecule has 1 fully saturated rings. The highest BCUT2D eigenvalue weighted by Crippen LogP contribution is 2.34. The molecule has 4 aromatic rings. The van der Waals surface area contributed by atoms with E-state index in [1.807, 2.05) is 42.8 Å². The Bertz CT molecular complexity index is 1790. The van der Waals surface area contributed by atoms with Gasteiger partial charge in [0.25, 0.3) is 5.56 Å². The maximum absolute atomic E-state index is 13.8. The second-order valence-corrected chi connectivity index (χ2v) is 12.5. The lowest BCUT2D eigenvalue weighted by Crippen LogP contribution is -2.48. The van der Waals surface area contributed by atoms with Gasteiger partial charge < -0.3 is 23.8 Å². The van der Waals surface area contributed by atoms with Gasteiger partial charge in [-0.1, -0.05) is 13.0 Å². The molecule has 0 saturated carbocycles. The summed E-state index contributed by atoms with van der Waals surface area (Å²) in [5, 5.41) is 0.535. The number of hydrogen-bond acceptors (Lipinski definition) is 8. The normalized spacial score (nSPS) is 15.9. The Hall–Kier alpha value is -3.87. The lowest BCUT2D eigenvalue weighted by molar-refractivity contribution is 0.173. The first kappa shape index (κ1) is 28.3. The average Bonchev–Trinajstić information content (AvgIpc) is 3.57. The molecule has 2 aromatic heterocycles. The molecule has 0 amide bonds. The average molecular weight is 594 g/mol. The molecule has 42 heavy (non-hydrogen) atoms. The first-order valence-electron chi connectivity index (χ1n) is 14.3. The quantitative estimate of drug-likeness (QED) is 0.312. The SMILES string of the molecule is CCCn1cc(C)c2c(=O)[nH]c(-c3cc(S(=O)(=O)N4CCN(Cc5ccc6c(c5)OCO6)CC4)ccc3OCC)nc21. The monoisotopic (exact) mass is 593 g/mol. The fraction of sp³-hybridized carbons (Fsp3) is 0.400. The van der Waals surface area contributed by atoms with Crippen LogP contribution in [0.3, 0.4) is 0 Å². The first-order chi connectivity index (χ1) is 20.3. The third-order valence-corrected chi connectivity index (χ3v) is 9.59. The zero-order valence-electron chi connectivity index (χ0n) is 24.1. The molecule has 4 heterocycles. The molecule has 0 atom stereocenters. The van der Waals surface area contributed by atoms with Crippen LogP contribution in [0.1, 0.15) is 31.4 Å². The number of piperazine rings is 1. The van der Waals surface area contributed by atoms with Crippen molar-refractivity contribution in [2.75, 3.05) is 39.6 Å². The number of fused-ring (bicyclic) bond motifs is 2. The van der Waals surface area contributed by atoms with E-state index < -0.39 is 10.0 Å². The lowest BCUT2D eigenvalue weighted by atomic mass is 10.1. The Kier molecular flexibility index (Phi) is 7.69. The molecule has 12 heteroatoms. The summed E-state index contributed by atoms with van der Waals surface area (Å²) >= 11 is 0. The standard InChI is InChI=1S/C30H35N5O6S/c1-4-10-34-17-20(3)27-29(34)31-28(32-30(27)36)23-16-22(7-9-24(23)39-5-2)42(37,38)35-13-11-33(12-14-35)18-21-6-8-25-26(15-21)41-19-40-25/h6-9,15-17H,4-5,10-14,18-19H2,1-3H3,(H,31,32,36). The maximum Gasteiger partial charge on any atom is 0.260 e. The first-order valence-corrected chi connectivity index (χ1v) is 15.7. The Morgan fingerprint density at radius 1 is 1.02 bits per heavy atom. The summed E-state index contributed by atoms with van der Waals surface area (Å²) in [7, 11) is -3.80. The van der Waals surface area contributed by atoms with Crippen LogP contribution in [0.15, 0.2) is 52.3 Å². The summed E-state index contributed by atoms with van der Waals surface area (Å²) in [4.78, 5) is 23.2. The molecule has 0 radical (unpaired) electrons. The molecule has 2 aliphatic heterocycles. The van der Waals surface area contributed by atoms with E-state index in [1.165, 1.54) is 4.31 Å². The van der Waals surface area contributed by atoms with Crippen LogP contribution in [0.5, 0.6) is 17.2 Å². The van der Waals surface area contributed by atoms with Crippen LogP contribution in [0.4, 0.5) is 0 Å². The smallest absolute Gasteiger partial charge is 0.260 e. The van der Waals surface area contributed by atoms with Gasteiger partial charge in [0.2, 0.25) is 16.8 Å². The number of sulfonamides is 1. The van der Waals surface area contributed by atoms with Crippen LogP contribution in [0, 0.1) is 6.92 Å². The van der Waals surface area contributed by atoms with Crippen LogP contribution in [0.2, 0.25) is 0 Å². The van der Waals surface area contributed by atoms with Gasteiger partial charge in [-0.15, -0.1) is 0 Å². The summed E-state index contributed by atoms with van der Waals surface area (Å²) in [5.74, 6) is 2.21. The highest BCUT2D eigenvalue weighted by molar-refractivity contribution is 7.89. The number of nitrogens with one attached hydrogen (secondary N) is 1. The number of nitrogens with zero attached hydrogens (tertiary/aromatic N) is 4. The Labute approximate surface area is 244 Å². The number of hydrogen-bond donors (Lipinski definition) is 1. The molecule has 0 aliphatic carbocycles. The summed E-state index contributed by atoms with van der Waals surface area (Å²) in [6, 6.07) is 10.6. The minimum absolute atomic E-state index is 0.132. The molecule has 0 unspecified atom stereocenters. The molecule has 2 aliphatic rings. The summed E-state index contributed by atoms with van der Waals surface area (Å²) in [6.07, 6.45) is 2.81. The van der Waals surface area contributed by atoms with Crippen molar-refractivity contribution in [2.45, 2.75) is 45.2 Å². The van der Waals surface area contributed by atoms with Gasteiger partial charge in [-0.2, -0.15) is 4.31 Å². The van der Waals surface area contributed by atoms with Crippen LogP contribution < -0.4 is 19.8 Å². The summed E-state index contributed by atoms with van der Waals surface area (Å²) < 4.78 is 47.8. The molecule has 1 saturated heterocycles. The lowest BCUT2D eigenvalue weighted by Gasteiger charge is -2.34. The Balaban J connectivity index is 1.26. The van der Waals surface area contributed by atoms with Gasteiger partial charge in [-0.05, 0) is 61.7 Å². The summed E-state index contributed by atoms with van der Waals surface area (Å²) in [5.41, 5.74) is 2.67. The molecule has 222 valence electrons. The predicted octanol–water partition coefficient (Wildman–Crippen LogP) is 3.74. The number of H-pyrrole nitrogens is 1. The predicted molar refractivity (Wildman–Crippen MR) is 159 cm³/mol. The molecular formula is C30H35N5O6S. The number of aromatic nitrogens is 3. The van der Waals surface area contributed by atoms with Gasteiger partial charge >= 0.3 is 0 Å². The molecule has 0 spiro atoms. The summed E-state index contributed by atoms with van der Waals surface area (Å²) in [6.45, 7) is 9.73. The van der Waals surface area contributed by atoms with Crippen LogP contribution >= 0.6 is 0 Å². The van der Waals surface area contributed by atoms with E-state index in [2.05, 4.69) is 16.8 Å². The van der Waals surface area contributed by atoms with Gasteiger partial charge in [-0.25, -0.2) is 13.4 Å².